The minimum Gasteiger partial charge on any atom is -0.399 e. The van der Waals surface area contributed by atoms with E-state index in [1.807, 2.05) is 47.4 Å². The van der Waals surface area contributed by atoms with Crippen molar-refractivity contribution >= 4 is 24.8 Å². The van der Waals surface area contributed by atoms with Gasteiger partial charge in [-0.25, -0.2) is 4.98 Å². The molecular weight excluding hydrogens is 316 g/mol. The normalized spacial score (nSPS) is 12.0. The number of nitrogens with zero attached hydrogens (tertiary/aromatic N) is 3. The average molecular weight is 341 g/mol. The van der Waals surface area contributed by atoms with Crippen LogP contribution in [-0.4, -0.2) is 29.2 Å². The minimum atomic E-state index is -1.06. The van der Waals surface area contributed by atoms with Crippen LogP contribution in [0.5, 0.6) is 0 Å². The number of pyridine rings is 1. The maximum Gasteiger partial charge on any atom is 0.124 e. The van der Waals surface area contributed by atoms with E-state index in [4.69, 9.17) is 10.5 Å². The third-order valence-electron chi connectivity index (χ3n) is 3.92. The topological polar surface area (TPSA) is 66.0 Å². The quantitative estimate of drug-likeness (QED) is 0.418. The Labute approximate surface area is 143 Å². The molecule has 2 aromatic heterocycles. The maximum atomic E-state index is 5.85. The number of hydrogen-bond acceptors (Lipinski definition) is 4. The third kappa shape index (κ3) is 4.01. The number of hydrogen-bond donors (Lipinski definition) is 1. The van der Waals surface area contributed by atoms with Gasteiger partial charge in [-0.15, -0.1) is 0 Å². The summed E-state index contributed by atoms with van der Waals surface area (Å²) in [6, 6.07) is 10.9. The zero-order chi connectivity index (χ0) is 17.2. The molecule has 0 bridgehead atoms. The van der Waals surface area contributed by atoms with Crippen molar-refractivity contribution in [3.63, 3.8) is 0 Å². The van der Waals surface area contributed by atoms with Crippen molar-refractivity contribution in [1.29, 1.82) is 0 Å². The molecule has 3 rings (SSSR count). The van der Waals surface area contributed by atoms with Crippen molar-refractivity contribution in [1.82, 2.24) is 14.5 Å². The largest absolute Gasteiger partial charge is 0.399 e. The van der Waals surface area contributed by atoms with Gasteiger partial charge in [-0.2, -0.15) is 0 Å². The molecule has 0 amide bonds. The number of ether oxygens (including phenoxy) is 1. The van der Waals surface area contributed by atoms with Gasteiger partial charge in [0.15, 0.2) is 0 Å². The molecule has 3 aromatic rings. The lowest BCUT2D eigenvalue weighted by atomic mass is 10.1. The monoisotopic (exact) mass is 340 g/mol. The van der Waals surface area contributed by atoms with Gasteiger partial charge in [0.25, 0.3) is 0 Å². The molecule has 0 spiro atoms. The Morgan fingerprint density at radius 3 is 2.75 bits per heavy atom. The van der Waals surface area contributed by atoms with E-state index in [2.05, 4.69) is 29.6 Å². The van der Waals surface area contributed by atoms with Crippen molar-refractivity contribution in [3.05, 3.63) is 42.9 Å². The van der Waals surface area contributed by atoms with Gasteiger partial charge in [-0.3, -0.25) is 4.98 Å². The number of benzene rings is 1. The summed E-state index contributed by atoms with van der Waals surface area (Å²) < 4.78 is 7.80. The summed E-state index contributed by atoms with van der Waals surface area (Å²) in [5.74, 6) is 0. The Hall–Kier alpha value is -2.18. The first-order chi connectivity index (χ1) is 11.4. The van der Waals surface area contributed by atoms with E-state index in [1.165, 1.54) is 0 Å². The van der Waals surface area contributed by atoms with E-state index in [0.717, 1.165) is 40.6 Å². The van der Waals surface area contributed by atoms with Crippen molar-refractivity contribution in [2.75, 3.05) is 12.3 Å². The third-order valence-corrected chi connectivity index (χ3v) is 5.62. The molecular formula is C18H24N4OSi. The SMILES string of the molecule is C[Si](C)(C)CCOCn1cnc2cc(-c3cccc(N)c3)ncc21. The van der Waals surface area contributed by atoms with Gasteiger partial charge in [-0.1, -0.05) is 31.8 Å². The highest BCUT2D eigenvalue weighted by Gasteiger charge is 2.12. The fourth-order valence-electron chi connectivity index (χ4n) is 2.46. The van der Waals surface area contributed by atoms with E-state index in [9.17, 15) is 0 Å². The first-order valence-corrected chi connectivity index (χ1v) is 11.9. The standard InChI is InChI=1S/C18H24N4OSi/c1-24(2,3)8-7-23-13-22-12-21-17-10-16(20-11-18(17)22)14-5-4-6-15(19)9-14/h4-6,9-12H,7-8,13,19H2,1-3H3. The molecule has 0 aliphatic heterocycles. The summed E-state index contributed by atoms with van der Waals surface area (Å²) in [7, 11) is -1.06. The lowest BCUT2D eigenvalue weighted by Gasteiger charge is -2.15. The number of aromatic nitrogens is 3. The molecule has 0 saturated heterocycles. The van der Waals surface area contributed by atoms with Gasteiger partial charge in [0.1, 0.15) is 6.73 Å². The zero-order valence-electron chi connectivity index (χ0n) is 14.5. The van der Waals surface area contributed by atoms with Crippen LogP contribution < -0.4 is 5.73 Å². The Morgan fingerprint density at radius 1 is 1.17 bits per heavy atom. The van der Waals surface area contributed by atoms with Gasteiger partial charge in [0.05, 0.1) is 29.3 Å². The van der Waals surface area contributed by atoms with Crippen LogP contribution in [0.4, 0.5) is 5.69 Å². The van der Waals surface area contributed by atoms with Gasteiger partial charge in [0, 0.05) is 25.9 Å². The molecule has 0 aliphatic rings. The summed E-state index contributed by atoms with van der Waals surface area (Å²) in [5.41, 5.74) is 10.4. The molecule has 0 radical (unpaired) electrons. The number of anilines is 1. The molecule has 5 nitrogen and oxygen atoms in total. The van der Waals surface area contributed by atoms with Crippen LogP contribution in [-0.2, 0) is 11.5 Å². The molecule has 24 heavy (non-hydrogen) atoms. The fourth-order valence-corrected chi connectivity index (χ4v) is 3.21. The lowest BCUT2D eigenvalue weighted by Crippen LogP contribution is -2.21. The zero-order valence-corrected chi connectivity index (χ0v) is 15.5. The highest BCUT2D eigenvalue weighted by atomic mass is 28.3. The van der Waals surface area contributed by atoms with Crippen LogP contribution in [0.15, 0.2) is 42.9 Å². The number of nitrogen functional groups attached to an aromatic ring is 1. The number of fused-ring (bicyclic) bond motifs is 1. The maximum absolute atomic E-state index is 5.85. The number of nitrogens with two attached hydrogens (primary N) is 1. The molecule has 0 fully saturated rings. The molecule has 0 saturated carbocycles. The number of rotatable bonds is 6. The van der Waals surface area contributed by atoms with Gasteiger partial charge in [-0.05, 0) is 24.2 Å². The predicted molar refractivity (Wildman–Crippen MR) is 101 cm³/mol. The Bertz CT molecular complexity index is 838. The predicted octanol–water partition coefficient (Wildman–Crippen LogP) is 3.99. The van der Waals surface area contributed by atoms with Crippen molar-refractivity contribution in [2.24, 2.45) is 0 Å². The summed E-state index contributed by atoms with van der Waals surface area (Å²) in [6.45, 7) is 8.37. The highest BCUT2D eigenvalue weighted by Crippen LogP contribution is 2.23. The van der Waals surface area contributed by atoms with Crippen molar-refractivity contribution in [2.45, 2.75) is 32.4 Å². The van der Waals surface area contributed by atoms with Crippen LogP contribution in [0.1, 0.15) is 0 Å². The van der Waals surface area contributed by atoms with Crippen LogP contribution in [0, 0.1) is 0 Å². The first kappa shape index (κ1) is 16.7. The van der Waals surface area contributed by atoms with E-state index < -0.39 is 8.07 Å². The summed E-state index contributed by atoms with van der Waals surface area (Å²) in [4.78, 5) is 9.03. The van der Waals surface area contributed by atoms with Gasteiger partial charge >= 0.3 is 0 Å². The summed E-state index contributed by atoms with van der Waals surface area (Å²) in [6.07, 6.45) is 3.66. The lowest BCUT2D eigenvalue weighted by molar-refractivity contribution is 0.0898. The van der Waals surface area contributed by atoms with Crippen LogP contribution in [0.25, 0.3) is 22.3 Å². The second kappa shape index (κ2) is 6.74. The Kier molecular flexibility index (Phi) is 4.68. The second-order valence-electron chi connectivity index (χ2n) is 7.25. The Balaban J connectivity index is 1.74. The van der Waals surface area contributed by atoms with Gasteiger partial charge < -0.3 is 15.0 Å². The highest BCUT2D eigenvalue weighted by molar-refractivity contribution is 6.76. The molecule has 126 valence electrons. The molecule has 0 unspecified atom stereocenters. The summed E-state index contributed by atoms with van der Waals surface area (Å²) in [5, 5.41) is 0. The van der Waals surface area contributed by atoms with Crippen molar-refractivity contribution in [3.8, 4) is 11.3 Å². The van der Waals surface area contributed by atoms with Crippen LogP contribution in [0.2, 0.25) is 25.7 Å². The molecule has 0 aliphatic carbocycles. The average Bonchev–Trinajstić information content (AvgIpc) is 2.93. The molecule has 2 N–H and O–H groups in total. The summed E-state index contributed by atoms with van der Waals surface area (Å²) >= 11 is 0. The van der Waals surface area contributed by atoms with Crippen LogP contribution in [0.3, 0.4) is 0 Å². The molecule has 2 heterocycles. The molecule has 0 atom stereocenters. The van der Waals surface area contributed by atoms with E-state index in [-0.39, 0.29) is 0 Å². The molecule has 6 heteroatoms. The van der Waals surface area contributed by atoms with Crippen molar-refractivity contribution < 1.29 is 4.74 Å². The Morgan fingerprint density at radius 2 is 2.00 bits per heavy atom. The fraction of sp³-hybridized carbons (Fsp3) is 0.333. The van der Waals surface area contributed by atoms with Crippen LogP contribution >= 0.6 is 0 Å². The van der Waals surface area contributed by atoms with E-state index in [0.29, 0.717) is 6.73 Å². The minimum absolute atomic E-state index is 0.514. The van der Waals surface area contributed by atoms with E-state index >= 15 is 0 Å². The smallest absolute Gasteiger partial charge is 0.124 e. The van der Waals surface area contributed by atoms with Gasteiger partial charge in [0.2, 0.25) is 0 Å². The van der Waals surface area contributed by atoms with E-state index in [1.54, 1.807) is 0 Å². The molecule has 1 aromatic carbocycles. The first-order valence-electron chi connectivity index (χ1n) is 8.17. The number of imidazole rings is 1. The second-order valence-corrected chi connectivity index (χ2v) is 12.9.